The number of methoxy groups -OCH3 is 1. The molecule has 3 rings (SSSR count). The van der Waals surface area contributed by atoms with E-state index < -0.39 is 23.4 Å². The molecule has 7 heteroatoms. The molecule has 2 atom stereocenters. The molecule has 0 amide bonds. The lowest BCUT2D eigenvalue weighted by molar-refractivity contribution is -0.141. The van der Waals surface area contributed by atoms with Crippen molar-refractivity contribution >= 4 is 18.5 Å². The van der Waals surface area contributed by atoms with Crippen molar-refractivity contribution in [3.05, 3.63) is 71.3 Å². The molecule has 2 aromatic rings. The van der Waals surface area contributed by atoms with Crippen molar-refractivity contribution in [1.29, 1.82) is 0 Å². The van der Waals surface area contributed by atoms with Gasteiger partial charge in [-0.25, -0.2) is 0 Å². The van der Waals surface area contributed by atoms with Crippen molar-refractivity contribution in [2.45, 2.75) is 30.8 Å². The van der Waals surface area contributed by atoms with Gasteiger partial charge in [-0.15, -0.1) is 0 Å². The van der Waals surface area contributed by atoms with Crippen molar-refractivity contribution in [2.24, 2.45) is 4.99 Å². The highest BCUT2D eigenvalue weighted by Crippen LogP contribution is 2.37. The highest BCUT2D eigenvalue weighted by Gasteiger charge is 2.43. The van der Waals surface area contributed by atoms with Crippen LogP contribution in [0.4, 0.5) is 18.9 Å². The van der Waals surface area contributed by atoms with Gasteiger partial charge >= 0.3 is 6.18 Å². The smallest absolute Gasteiger partial charge is 0.382 e. The van der Waals surface area contributed by atoms with Crippen LogP contribution in [0.5, 0.6) is 0 Å². The van der Waals surface area contributed by atoms with Crippen molar-refractivity contribution < 1.29 is 23.0 Å². The third kappa shape index (κ3) is 4.48. The van der Waals surface area contributed by atoms with Gasteiger partial charge in [0.1, 0.15) is 11.7 Å². The zero-order valence-electron chi connectivity index (χ0n) is 16.8. The van der Waals surface area contributed by atoms with Crippen LogP contribution in [0, 0.1) is 0 Å². The number of alkyl halides is 3. The topological polar surface area (TPSA) is 45.1 Å². The van der Waals surface area contributed by atoms with E-state index in [2.05, 4.69) is 23.2 Å². The molecule has 0 bridgehead atoms. The number of nitrogens with zero attached hydrogens (tertiary/aromatic N) is 2. The Kier molecular flexibility index (Phi) is 6.45. The molecule has 0 saturated carbocycles. The zero-order chi connectivity index (χ0) is 21.9. The van der Waals surface area contributed by atoms with Crippen LogP contribution < -0.4 is 0 Å². The summed E-state index contributed by atoms with van der Waals surface area (Å²) in [6, 6.07) is 10.6. The Labute approximate surface area is 174 Å². The van der Waals surface area contributed by atoms with Gasteiger partial charge in [-0.2, -0.15) is 13.2 Å². The standard InChI is InChI=1S/C23H25F3N2O2/c1-4-17-13-19(9-10-20(17)27-2)22(29)11-12-28(15-21(22)30-3)14-16-5-7-18(8-6-16)23(24,25)26/h4-10,13,21,29H,1-2,11-12,14-15H2,3H3. The summed E-state index contributed by atoms with van der Waals surface area (Å²) in [5.74, 6) is 0. The summed E-state index contributed by atoms with van der Waals surface area (Å²) in [5.41, 5.74) is 1.10. The van der Waals surface area contributed by atoms with Gasteiger partial charge in [0.05, 0.1) is 11.3 Å². The SMILES string of the molecule is C=Cc1cc(C2(O)CCN(Cc3ccc(C(F)(F)F)cc3)CC2OC)ccc1N=C. The molecule has 1 aliphatic rings. The van der Waals surface area contributed by atoms with Crippen LogP contribution in [0.25, 0.3) is 6.08 Å². The van der Waals surface area contributed by atoms with Crippen LogP contribution in [-0.4, -0.2) is 43.0 Å². The fraction of sp³-hybridized carbons (Fsp3) is 0.348. The van der Waals surface area contributed by atoms with Gasteiger partial charge in [0.25, 0.3) is 0 Å². The zero-order valence-corrected chi connectivity index (χ0v) is 16.8. The van der Waals surface area contributed by atoms with E-state index in [1.54, 1.807) is 19.3 Å². The van der Waals surface area contributed by atoms with E-state index >= 15 is 0 Å². The Hall–Kier alpha value is -2.48. The molecule has 1 fully saturated rings. The summed E-state index contributed by atoms with van der Waals surface area (Å²) in [6.45, 7) is 8.83. The molecule has 0 radical (unpaired) electrons. The van der Waals surface area contributed by atoms with Gasteiger partial charge in [0.2, 0.25) is 0 Å². The maximum atomic E-state index is 12.8. The molecular weight excluding hydrogens is 393 g/mol. The average molecular weight is 418 g/mol. The second-order valence-corrected chi connectivity index (χ2v) is 7.46. The minimum atomic E-state index is -4.34. The van der Waals surface area contributed by atoms with Crippen molar-refractivity contribution in [3.63, 3.8) is 0 Å². The van der Waals surface area contributed by atoms with Gasteiger partial charge in [0, 0.05) is 26.7 Å². The lowest BCUT2D eigenvalue weighted by Crippen LogP contribution is -2.54. The monoisotopic (exact) mass is 418 g/mol. The number of aliphatic hydroxyl groups is 1. The predicted molar refractivity (Wildman–Crippen MR) is 112 cm³/mol. The van der Waals surface area contributed by atoms with Gasteiger partial charge in [0.15, 0.2) is 0 Å². The molecule has 1 saturated heterocycles. The number of hydrogen-bond donors (Lipinski definition) is 1. The highest BCUT2D eigenvalue weighted by molar-refractivity contribution is 5.66. The van der Waals surface area contributed by atoms with E-state index in [0.717, 1.165) is 23.3 Å². The highest BCUT2D eigenvalue weighted by atomic mass is 19.4. The fourth-order valence-corrected chi connectivity index (χ4v) is 3.90. The van der Waals surface area contributed by atoms with Crippen LogP contribution in [0.1, 0.15) is 28.7 Å². The number of benzene rings is 2. The van der Waals surface area contributed by atoms with E-state index in [-0.39, 0.29) is 0 Å². The normalized spacial score (nSPS) is 22.6. The minimum Gasteiger partial charge on any atom is -0.382 e. The molecule has 160 valence electrons. The van der Waals surface area contributed by atoms with Crippen LogP contribution in [0.2, 0.25) is 0 Å². The molecule has 0 spiro atoms. The maximum absolute atomic E-state index is 12.8. The Morgan fingerprint density at radius 2 is 1.97 bits per heavy atom. The first-order chi connectivity index (χ1) is 14.2. The van der Waals surface area contributed by atoms with E-state index in [1.165, 1.54) is 12.1 Å². The summed E-state index contributed by atoms with van der Waals surface area (Å²) in [7, 11) is 1.55. The van der Waals surface area contributed by atoms with Gasteiger partial charge < -0.3 is 9.84 Å². The largest absolute Gasteiger partial charge is 0.416 e. The fourth-order valence-electron chi connectivity index (χ4n) is 3.90. The molecule has 2 unspecified atom stereocenters. The van der Waals surface area contributed by atoms with Crippen molar-refractivity contribution in [1.82, 2.24) is 4.90 Å². The molecule has 1 heterocycles. The molecular formula is C23H25F3N2O2. The maximum Gasteiger partial charge on any atom is 0.416 e. The Balaban J connectivity index is 1.76. The van der Waals surface area contributed by atoms with Gasteiger partial charge in [-0.1, -0.05) is 30.9 Å². The summed E-state index contributed by atoms with van der Waals surface area (Å²) in [4.78, 5) is 6.03. The van der Waals surface area contributed by atoms with Crippen molar-refractivity contribution in [3.8, 4) is 0 Å². The third-order valence-electron chi connectivity index (χ3n) is 5.66. The van der Waals surface area contributed by atoms with E-state index in [4.69, 9.17) is 4.74 Å². The summed E-state index contributed by atoms with van der Waals surface area (Å²) in [5, 5.41) is 11.4. The van der Waals surface area contributed by atoms with Crippen LogP contribution in [-0.2, 0) is 23.1 Å². The second-order valence-electron chi connectivity index (χ2n) is 7.46. The predicted octanol–water partition coefficient (Wildman–Crippen LogP) is 4.79. The molecule has 4 nitrogen and oxygen atoms in total. The second kappa shape index (κ2) is 8.71. The Morgan fingerprint density at radius 3 is 2.53 bits per heavy atom. The minimum absolute atomic E-state index is 0.420. The summed E-state index contributed by atoms with van der Waals surface area (Å²) < 4.78 is 43.9. The number of aliphatic imine (C=N–C) groups is 1. The lowest BCUT2D eigenvalue weighted by Gasteiger charge is -2.44. The number of likely N-dealkylation sites (tertiary alicyclic amines) is 1. The van der Waals surface area contributed by atoms with E-state index in [9.17, 15) is 18.3 Å². The van der Waals surface area contributed by atoms with Gasteiger partial charge in [-0.3, -0.25) is 9.89 Å². The molecule has 0 aromatic heterocycles. The number of hydrogen-bond acceptors (Lipinski definition) is 4. The number of piperidine rings is 1. The number of halogens is 3. The van der Waals surface area contributed by atoms with Gasteiger partial charge in [-0.05, 0) is 54.1 Å². The molecule has 1 N–H and O–H groups in total. The summed E-state index contributed by atoms with van der Waals surface area (Å²) >= 11 is 0. The van der Waals surface area contributed by atoms with E-state index in [1.807, 2.05) is 12.1 Å². The Bertz CT molecular complexity index is 912. The lowest BCUT2D eigenvalue weighted by atomic mass is 9.81. The van der Waals surface area contributed by atoms with Crippen LogP contribution >= 0.6 is 0 Å². The van der Waals surface area contributed by atoms with Crippen molar-refractivity contribution in [2.75, 3.05) is 20.2 Å². The first-order valence-corrected chi connectivity index (χ1v) is 9.58. The quantitative estimate of drug-likeness (QED) is 0.686. The average Bonchev–Trinajstić information content (AvgIpc) is 2.74. The molecule has 30 heavy (non-hydrogen) atoms. The summed E-state index contributed by atoms with van der Waals surface area (Å²) in [6.07, 6.45) is -2.76. The third-order valence-corrected chi connectivity index (χ3v) is 5.66. The molecule has 1 aliphatic heterocycles. The van der Waals surface area contributed by atoms with Crippen LogP contribution in [0.15, 0.2) is 54.0 Å². The first kappa shape index (κ1) is 22.2. The molecule has 2 aromatic carbocycles. The Morgan fingerprint density at radius 1 is 1.27 bits per heavy atom. The number of ether oxygens (including phenoxy) is 1. The van der Waals surface area contributed by atoms with Crippen LogP contribution in [0.3, 0.4) is 0 Å². The first-order valence-electron chi connectivity index (χ1n) is 9.58. The molecule has 0 aliphatic carbocycles. The number of rotatable bonds is 6. The van der Waals surface area contributed by atoms with E-state index in [0.29, 0.717) is 37.3 Å².